The van der Waals surface area contributed by atoms with Gasteiger partial charge in [-0.1, -0.05) is 18.2 Å². The van der Waals surface area contributed by atoms with Crippen LogP contribution in [0.4, 0.5) is 5.69 Å². The Hall–Kier alpha value is -1.39. The predicted octanol–water partition coefficient (Wildman–Crippen LogP) is 2.74. The van der Waals surface area contributed by atoms with Gasteiger partial charge in [-0.15, -0.1) is 0 Å². The summed E-state index contributed by atoms with van der Waals surface area (Å²) in [5.74, 6) is 1.83. The molecule has 1 heterocycles. The summed E-state index contributed by atoms with van der Waals surface area (Å²) in [5.41, 5.74) is 14.2. The molecule has 1 saturated carbocycles. The number of nitrogens with two attached hydrogens (primary N) is 2. The minimum atomic E-state index is -0.337. The van der Waals surface area contributed by atoms with Crippen LogP contribution >= 0.6 is 0 Å². The molecule has 1 fully saturated rings. The highest BCUT2D eigenvalue weighted by atomic mass is 15.2. The first kappa shape index (κ1) is 15.5. The van der Waals surface area contributed by atoms with Crippen molar-refractivity contribution in [1.82, 2.24) is 4.90 Å². The summed E-state index contributed by atoms with van der Waals surface area (Å²) < 4.78 is 0. The summed E-state index contributed by atoms with van der Waals surface area (Å²) in [7, 11) is 2.18. The van der Waals surface area contributed by atoms with E-state index in [0.29, 0.717) is 12.0 Å². The Labute approximate surface area is 133 Å². The number of hydrogen-bond donors (Lipinski definition) is 2. The quantitative estimate of drug-likeness (QED) is 0.882. The number of nitrogens with zero attached hydrogens (tertiary/aromatic N) is 2. The van der Waals surface area contributed by atoms with Gasteiger partial charge in [0.25, 0.3) is 0 Å². The van der Waals surface area contributed by atoms with Crippen LogP contribution in [0.1, 0.15) is 44.6 Å². The van der Waals surface area contributed by atoms with Crippen molar-refractivity contribution in [1.29, 1.82) is 0 Å². The number of benzene rings is 1. The Kier molecular flexibility index (Phi) is 4.24. The van der Waals surface area contributed by atoms with Crippen LogP contribution in [0, 0.1) is 5.92 Å². The van der Waals surface area contributed by atoms with Crippen molar-refractivity contribution in [2.75, 3.05) is 13.6 Å². The maximum absolute atomic E-state index is 6.57. The van der Waals surface area contributed by atoms with Crippen LogP contribution in [0.15, 0.2) is 29.3 Å². The Balaban J connectivity index is 1.79. The summed E-state index contributed by atoms with van der Waals surface area (Å²) in [6, 6.07) is 8.82. The van der Waals surface area contributed by atoms with E-state index in [4.69, 9.17) is 16.5 Å². The highest BCUT2D eigenvalue weighted by Crippen LogP contribution is 2.37. The van der Waals surface area contributed by atoms with E-state index in [2.05, 4.69) is 31.0 Å². The van der Waals surface area contributed by atoms with E-state index in [1.807, 2.05) is 12.1 Å². The normalized spacial score (nSPS) is 31.4. The molecule has 22 heavy (non-hydrogen) atoms. The topological polar surface area (TPSA) is 67.6 Å². The lowest BCUT2D eigenvalue weighted by Crippen LogP contribution is -2.46. The van der Waals surface area contributed by atoms with Crippen molar-refractivity contribution in [2.45, 2.75) is 50.6 Å². The molecule has 0 aromatic heterocycles. The van der Waals surface area contributed by atoms with Crippen LogP contribution in [0.2, 0.25) is 0 Å². The number of hydrogen-bond acceptors (Lipinski definition) is 4. The number of amidine groups is 1. The predicted molar refractivity (Wildman–Crippen MR) is 92.3 cm³/mol. The first-order chi connectivity index (χ1) is 10.5. The lowest BCUT2D eigenvalue weighted by atomic mass is 9.83. The van der Waals surface area contributed by atoms with Gasteiger partial charge in [0, 0.05) is 25.0 Å². The van der Waals surface area contributed by atoms with Crippen LogP contribution in [-0.4, -0.2) is 30.4 Å². The smallest absolute Gasteiger partial charge is 0.107 e. The van der Waals surface area contributed by atoms with Crippen molar-refractivity contribution < 1.29 is 0 Å². The molecule has 1 aliphatic carbocycles. The van der Waals surface area contributed by atoms with Gasteiger partial charge in [-0.05, 0) is 56.7 Å². The number of para-hydroxylation sites is 1. The molecule has 1 aliphatic heterocycles. The summed E-state index contributed by atoms with van der Waals surface area (Å²) in [4.78, 5) is 7.26. The second-order valence-electron chi connectivity index (χ2n) is 7.16. The van der Waals surface area contributed by atoms with E-state index in [1.165, 1.54) is 25.7 Å². The van der Waals surface area contributed by atoms with Crippen LogP contribution in [0.5, 0.6) is 0 Å². The van der Waals surface area contributed by atoms with Crippen molar-refractivity contribution in [3.63, 3.8) is 0 Å². The van der Waals surface area contributed by atoms with E-state index in [-0.39, 0.29) is 5.54 Å². The molecular weight excluding hydrogens is 272 g/mol. The highest BCUT2D eigenvalue weighted by Gasteiger charge is 2.33. The first-order valence-electron chi connectivity index (χ1n) is 8.40. The SMILES string of the molecule is CN(C1=Nc2ccccc2C(C)(N)C1)C1CCC(CN)CC1. The van der Waals surface area contributed by atoms with Gasteiger partial charge >= 0.3 is 0 Å². The van der Waals surface area contributed by atoms with Crippen molar-refractivity contribution in [3.8, 4) is 0 Å². The van der Waals surface area contributed by atoms with E-state index >= 15 is 0 Å². The first-order valence-corrected chi connectivity index (χ1v) is 8.40. The zero-order chi connectivity index (χ0) is 15.7. The van der Waals surface area contributed by atoms with E-state index in [9.17, 15) is 0 Å². The number of aliphatic imine (C=N–C) groups is 1. The summed E-state index contributed by atoms with van der Waals surface area (Å²) in [6.07, 6.45) is 5.68. The summed E-state index contributed by atoms with van der Waals surface area (Å²) in [5, 5.41) is 0. The van der Waals surface area contributed by atoms with Gasteiger partial charge in [0.05, 0.1) is 5.69 Å². The molecule has 1 unspecified atom stereocenters. The van der Waals surface area contributed by atoms with Gasteiger partial charge in [-0.3, -0.25) is 0 Å². The molecule has 4 heteroatoms. The summed E-state index contributed by atoms with van der Waals surface area (Å²) in [6.45, 7) is 2.94. The third-order valence-electron chi connectivity index (χ3n) is 5.40. The Morgan fingerprint density at radius 2 is 1.91 bits per heavy atom. The fraction of sp³-hybridized carbons (Fsp3) is 0.611. The Morgan fingerprint density at radius 1 is 1.23 bits per heavy atom. The van der Waals surface area contributed by atoms with Gasteiger partial charge < -0.3 is 16.4 Å². The van der Waals surface area contributed by atoms with Gasteiger partial charge in [-0.25, -0.2) is 4.99 Å². The molecule has 0 amide bonds. The van der Waals surface area contributed by atoms with Crippen molar-refractivity contribution in [2.24, 2.45) is 22.4 Å². The number of fused-ring (bicyclic) bond motifs is 1. The van der Waals surface area contributed by atoms with Gasteiger partial charge in [0.2, 0.25) is 0 Å². The Bertz CT molecular complexity index is 556. The average molecular weight is 300 g/mol. The molecule has 1 atom stereocenters. The zero-order valence-corrected chi connectivity index (χ0v) is 13.8. The van der Waals surface area contributed by atoms with Gasteiger partial charge in [-0.2, -0.15) is 0 Å². The van der Waals surface area contributed by atoms with Crippen LogP contribution < -0.4 is 11.5 Å². The second-order valence-corrected chi connectivity index (χ2v) is 7.16. The number of rotatable bonds is 2. The van der Waals surface area contributed by atoms with Crippen LogP contribution in [0.25, 0.3) is 0 Å². The maximum Gasteiger partial charge on any atom is 0.107 e. The lowest BCUT2D eigenvalue weighted by Gasteiger charge is -2.40. The lowest BCUT2D eigenvalue weighted by molar-refractivity contribution is 0.227. The summed E-state index contributed by atoms with van der Waals surface area (Å²) >= 11 is 0. The van der Waals surface area contributed by atoms with Crippen molar-refractivity contribution in [3.05, 3.63) is 29.8 Å². The third kappa shape index (κ3) is 2.90. The minimum absolute atomic E-state index is 0.337. The minimum Gasteiger partial charge on any atom is -0.360 e. The molecule has 0 saturated heterocycles. The monoisotopic (exact) mass is 300 g/mol. The zero-order valence-electron chi connectivity index (χ0n) is 13.8. The molecule has 1 aromatic carbocycles. The molecule has 120 valence electrons. The molecule has 0 bridgehead atoms. The molecule has 0 radical (unpaired) electrons. The fourth-order valence-corrected chi connectivity index (χ4v) is 3.84. The molecule has 2 aliphatic rings. The van der Waals surface area contributed by atoms with Crippen molar-refractivity contribution >= 4 is 11.5 Å². The van der Waals surface area contributed by atoms with E-state index < -0.39 is 0 Å². The van der Waals surface area contributed by atoms with Gasteiger partial charge in [0.1, 0.15) is 5.84 Å². The molecular formula is C18H28N4. The fourth-order valence-electron chi connectivity index (χ4n) is 3.84. The maximum atomic E-state index is 6.57. The molecule has 4 N–H and O–H groups in total. The van der Waals surface area contributed by atoms with E-state index in [1.54, 1.807) is 0 Å². The largest absolute Gasteiger partial charge is 0.360 e. The molecule has 0 spiro atoms. The highest BCUT2D eigenvalue weighted by molar-refractivity contribution is 5.89. The standard InChI is InChI=1S/C18H28N4/c1-18(20)11-17(21-16-6-4-3-5-15(16)18)22(2)14-9-7-13(12-19)8-10-14/h3-6,13-14H,7-12,19-20H2,1-2H3. The molecule has 4 nitrogen and oxygen atoms in total. The Morgan fingerprint density at radius 3 is 2.59 bits per heavy atom. The van der Waals surface area contributed by atoms with Crippen LogP contribution in [-0.2, 0) is 5.54 Å². The van der Waals surface area contributed by atoms with Gasteiger partial charge in [0.15, 0.2) is 0 Å². The van der Waals surface area contributed by atoms with Crippen LogP contribution in [0.3, 0.4) is 0 Å². The molecule has 1 aromatic rings. The molecule has 3 rings (SSSR count). The van der Waals surface area contributed by atoms with E-state index in [0.717, 1.165) is 30.1 Å². The average Bonchev–Trinajstić information content (AvgIpc) is 2.53. The second kappa shape index (κ2) is 6.01. The third-order valence-corrected chi connectivity index (χ3v) is 5.40.